The molecular formula is C6H5IN2O. The van der Waals surface area contributed by atoms with Crippen LogP contribution < -0.4 is 5.73 Å². The first-order valence-corrected chi connectivity index (χ1v) is 3.65. The third-order valence-corrected chi connectivity index (χ3v) is 1.58. The number of nitrogens with two attached hydrogens (primary N) is 1. The number of rotatable bonds is 1. The Kier molecular flexibility index (Phi) is 1.80. The van der Waals surface area contributed by atoms with Crippen LogP contribution in [0.3, 0.4) is 0 Å². The predicted molar refractivity (Wildman–Crippen MR) is 45.5 cm³/mol. The van der Waals surface area contributed by atoms with E-state index in [9.17, 15) is 4.79 Å². The van der Waals surface area contributed by atoms with Gasteiger partial charge in [-0.15, -0.1) is 0 Å². The van der Waals surface area contributed by atoms with Crippen molar-refractivity contribution in [2.45, 2.75) is 0 Å². The van der Waals surface area contributed by atoms with E-state index in [1.807, 2.05) is 22.6 Å². The molecule has 1 heterocycles. The number of primary amides is 1. The zero-order valence-corrected chi connectivity index (χ0v) is 7.12. The van der Waals surface area contributed by atoms with Gasteiger partial charge < -0.3 is 5.73 Å². The van der Waals surface area contributed by atoms with Crippen LogP contribution in [0.2, 0.25) is 1.41 Å². The van der Waals surface area contributed by atoms with Crippen molar-refractivity contribution in [3.05, 3.63) is 27.6 Å². The van der Waals surface area contributed by atoms with Crippen molar-refractivity contribution in [1.29, 1.82) is 0 Å². The van der Waals surface area contributed by atoms with Crippen molar-refractivity contribution in [2.24, 2.45) is 5.73 Å². The molecule has 3 nitrogen and oxygen atoms in total. The van der Waals surface area contributed by atoms with Crippen LogP contribution in [0.5, 0.6) is 0 Å². The van der Waals surface area contributed by atoms with E-state index in [4.69, 9.17) is 1.41 Å². The standard InChI is InChI=1S/C6H5IN2O/c7-5-3-4(6(8)10)1-2-9-5/h1-3H,(H2,8,10)/i/hD. The number of halogens is 1. The number of carbonyl (C=O) groups excluding carboxylic acids is 1. The summed E-state index contributed by atoms with van der Waals surface area (Å²) in [6, 6.07) is 3.18. The molecule has 0 bridgehead atoms. The fourth-order valence-electron chi connectivity index (χ4n) is 0.544. The zero-order chi connectivity index (χ0) is 8.27. The van der Waals surface area contributed by atoms with Gasteiger partial charge in [-0.05, 0) is 34.7 Å². The van der Waals surface area contributed by atoms with Gasteiger partial charge in [0.15, 0.2) is 1.41 Å². The minimum absolute atomic E-state index is 0.412. The average Bonchev–Trinajstić information content (AvgIpc) is 2.03. The lowest BCUT2D eigenvalue weighted by Gasteiger charge is -1.92. The number of nitrogens with zero attached hydrogens (tertiary/aromatic N) is 1. The maximum Gasteiger partial charge on any atom is 0.248 e. The quantitative estimate of drug-likeness (QED) is 0.590. The van der Waals surface area contributed by atoms with Gasteiger partial charge in [0, 0.05) is 11.8 Å². The van der Waals surface area contributed by atoms with Crippen LogP contribution in [-0.2, 0) is 0 Å². The Balaban J connectivity index is 2.96. The summed E-state index contributed by atoms with van der Waals surface area (Å²) in [6.07, 6.45) is 1.53. The van der Waals surface area contributed by atoms with Gasteiger partial charge in [-0.25, -0.2) is 0 Å². The Morgan fingerprint density at radius 1 is 1.90 bits per heavy atom. The van der Waals surface area contributed by atoms with Crippen molar-refractivity contribution in [1.82, 2.24) is 4.98 Å². The van der Waals surface area contributed by atoms with Crippen LogP contribution in [0.4, 0.5) is 0 Å². The van der Waals surface area contributed by atoms with Gasteiger partial charge in [0.05, 0.1) is 0 Å². The van der Waals surface area contributed by atoms with Crippen molar-refractivity contribution in [2.75, 3.05) is 0 Å². The molecule has 0 unspecified atom stereocenters. The molecule has 0 radical (unpaired) electrons. The van der Waals surface area contributed by atoms with E-state index in [1.54, 1.807) is 17.9 Å². The lowest BCUT2D eigenvalue weighted by molar-refractivity contribution is 0.1000. The van der Waals surface area contributed by atoms with Crippen LogP contribution in [0, 0.1) is 3.70 Å². The van der Waals surface area contributed by atoms with E-state index in [2.05, 4.69) is 4.98 Å². The molecule has 0 aromatic carbocycles. The number of pyridine rings is 1. The monoisotopic (exact) mass is 249 g/mol. The Morgan fingerprint density at radius 2 is 2.70 bits per heavy atom. The van der Waals surface area contributed by atoms with Crippen molar-refractivity contribution < 1.29 is 6.21 Å². The lowest BCUT2D eigenvalue weighted by atomic mass is 10.3. The SMILES string of the molecule is [2H]NC(=O)c1ccnc(I)c1. The van der Waals surface area contributed by atoms with Crippen LogP contribution >= 0.6 is 22.6 Å². The molecule has 0 atom stereocenters. The zero-order valence-electron chi connectivity index (χ0n) is 5.97. The highest BCUT2D eigenvalue weighted by molar-refractivity contribution is 14.1. The number of hydrogen-bond acceptors (Lipinski definition) is 2. The average molecular weight is 249 g/mol. The van der Waals surface area contributed by atoms with Gasteiger partial charge in [0.2, 0.25) is 5.91 Å². The van der Waals surface area contributed by atoms with Crippen LogP contribution in [0.15, 0.2) is 18.3 Å². The van der Waals surface area contributed by atoms with E-state index in [0.29, 0.717) is 5.56 Å². The second kappa shape index (κ2) is 2.96. The van der Waals surface area contributed by atoms with Crippen molar-refractivity contribution in [3.63, 3.8) is 0 Å². The van der Waals surface area contributed by atoms with Gasteiger partial charge in [-0.1, -0.05) is 0 Å². The molecule has 0 fully saturated rings. The maximum atomic E-state index is 10.8. The smallest absolute Gasteiger partial charge is 0.248 e. The molecule has 0 saturated heterocycles. The molecule has 1 aromatic rings. The first kappa shape index (κ1) is 6.09. The number of amides is 1. The molecule has 0 spiro atoms. The Morgan fingerprint density at radius 3 is 3.30 bits per heavy atom. The number of carbonyl (C=O) groups is 1. The molecule has 4 heteroatoms. The normalized spacial score (nSPS) is 10.3. The van der Waals surface area contributed by atoms with Gasteiger partial charge in [-0.2, -0.15) is 0 Å². The summed E-state index contributed by atoms with van der Waals surface area (Å²) in [7, 11) is 0. The molecule has 52 valence electrons. The summed E-state index contributed by atoms with van der Waals surface area (Å²) in [5.41, 5.74) is 2.25. The second-order valence-electron chi connectivity index (χ2n) is 1.70. The summed E-state index contributed by atoms with van der Waals surface area (Å²) in [6.45, 7) is 0. The summed E-state index contributed by atoms with van der Waals surface area (Å²) in [5, 5.41) is 0. The molecule has 10 heavy (non-hydrogen) atoms. The van der Waals surface area contributed by atoms with Gasteiger partial charge >= 0.3 is 0 Å². The minimum atomic E-state index is -0.412. The predicted octanol–water partition coefficient (Wildman–Crippen LogP) is 0.785. The van der Waals surface area contributed by atoms with E-state index in [0.717, 1.165) is 3.70 Å². The highest BCUT2D eigenvalue weighted by atomic mass is 127. The summed E-state index contributed by atoms with van der Waals surface area (Å²) < 4.78 is 7.33. The molecule has 1 aromatic heterocycles. The molecule has 2 N–H and O–H groups in total. The molecule has 0 aliphatic carbocycles. The molecule has 1 rings (SSSR count). The van der Waals surface area contributed by atoms with Gasteiger partial charge in [0.25, 0.3) is 0 Å². The molecule has 0 saturated carbocycles. The molecule has 0 aliphatic rings. The van der Waals surface area contributed by atoms with E-state index < -0.39 is 5.91 Å². The third kappa shape index (κ3) is 1.66. The summed E-state index contributed by atoms with van der Waals surface area (Å²) in [4.78, 5) is 14.7. The molecule has 0 aliphatic heterocycles. The van der Waals surface area contributed by atoms with Crippen molar-refractivity contribution >= 4 is 28.5 Å². The van der Waals surface area contributed by atoms with Crippen molar-refractivity contribution in [3.8, 4) is 0 Å². The Hall–Kier alpha value is -0.650. The summed E-state index contributed by atoms with van der Waals surface area (Å²) in [5.74, 6) is -0.412. The van der Waals surface area contributed by atoms with Gasteiger partial charge in [0.1, 0.15) is 3.70 Å². The first-order valence-electron chi connectivity index (χ1n) is 3.07. The molecule has 1 amide bonds. The molecular weight excluding hydrogens is 243 g/mol. The van der Waals surface area contributed by atoms with E-state index >= 15 is 0 Å². The number of hydrogen-bond donors (Lipinski definition) is 1. The third-order valence-electron chi connectivity index (χ3n) is 0.989. The van der Waals surface area contributed by atoms with Gasteiger partial charge in [-0.3, -0.25) is 9.78 Å². The first-order chi connectivity index (χ1) is 5.24. The fraction of sp³-hybridized carbons (Fsp3) is 0. The highest BCUT2D eigenvalue weighted by Crippen LogP contribution is 2.02. The van der Waals surface area contributed by atoms with E-state index in [1.165, 1.54) is 6.20 Å². The van der Waals surface area contributed by atoms with Crippen LogP contribution in [0.1, 0.15) is 10.4 Å². The Labute approximate surface area is 73.2 Å². The lowest BCUT2D eigenvalue weighted by Crippen LogP contribution is -2.10. The van der Waals surface area contributed by atoms with Crippen LogP contribution in [0.25, 0.3) is 0 Å². The van der Waals surface area contributed by atoms with Crippen LogP contribution in [-0.4, -0.2) is 10.9 Å². The maximum absolute atomic E-state index is 10.8. The minimum Gasteiger partial charge on any atom is -0.366 e. The largest absolute Gasteiger partial charge is 0.366 e. The highest BCUT2D eigenvalue weighted by Gasteiger charge is 1.98. The summed E-state index contributed by atoms with van der Waals surface area (Å²) >= 11 is 2.00. The second-order valence-corrected chi connectivity index (χ2v) is 2.80. The number of aromatic nitrogens is 1. The fourth-order valence-corrected chi connectivity index (χ4v) is 1.04. The topological polar surface area (TPSA) is 56.0 Å². The Bertz CT molecular complexity index is 279. The van der Waals surface area contributed by atoms with E-state index in [-0.39, 0.29) is 0 Å².